The van der Waals surface area contributed by atoms with Crippen molar-refractivity contribution in [2.45, 2.75) is 24.7 Å². The van der Waals surface area contributed by atoms with E-state index in [1.54, 1.807) is 17.3 Å². The molecular formula is C22H23N5O2. The van der Waals surface area contributed by atoms with Crippen LogP contribution in [0.4, 0.5) is 5.69 Å². The number of amides is 1. The molecule has 2 fully saturated rings. The second-order valence-corrected chi connectivity index (χ2v) is 7.71. The van der Waals surface area contributed by atoms with Gasteiger partial charge in [0.25, 0.3) is 0 Å². The molecule has 7 nitrogen and oxygen atoms in total. The van der Waals surface area contributed by atoms with Crippen LogP contribution in [-0.2, 0) is 5.41 Å². The SMILES string of the molecule is O=C(c1nc(C2(c3ccncc3)CCC2)no1)N1CCN(c2ccccc2)CC1. The van der Waals surface area contributed by atoms with Gasteiger partial charge in [-0.1, -0.05) is 29.8 Å². The highest BCUT2D eigenvalue weighted by atomic mass is 16.5. The Morgan fingerprint density at radius 1 is 0.966 bits per heavy atom. The van der Waals surface area contributed by atoms with Crippen molar-refractivity contribution in [1.29, 1.82) is 0 Å². The van der Waals surface area contributed by atoms with Crippen LogP contribution in [0.15, 0.2) is 59.4 Å². The average Bonchev–Trinajstić information content (AvgIpc) is 3.24. The molecule has 0 atom stereocenters. The lowest BCUT2D eigenvalue weighted by Gasteiger charge is -2.39. The molecule has 148 valence electrons. The fraction of sp³-hybridized carbons (Fsp3) is 0.364. The Kier molecular flexibility index (Phi) is 4.50. The zero-order chi connectivity index (χ0) is 19.7. The van der Waals surface area contributed by atoms with Crippen LogP contribution in [-0.4, -0.2) is 52.1 Å². The second kappa shape index (κ2) is 7.31. The van der Waals surface area contributed by atoms with Crippen molar-refractivity contribution in [3.63, 3.8) is 0 Å². The minimum Gasteiger partial charge on any atom is -0.368 e. The van der Waals surface area contributed by atoms with Crippen molar-refractivity contribution < 1.29 is 9.32 Å². The molecule has 5 rings (SSSR count). The number of rotatable bonds is 4. The third-order valence-corrected chi connectivity index (χ3v) is 6.17. The maximum Gasteiger partial charge on any atom is 0.316 e. The van der Waals surface area contributed by atoms with Crippen LogP contribution < -0.4 is 4.90 Å². The summed E-state index contributed by atoms with van der Waals surface area (Å²) in [5.74, 6) is 0.523. The molecular weight excluding hydrogens is 366 g/mol. The lowest BCUT2D eigenvalue weighted by molar-refractivity contribution is 0.0696. The minimum atomic E-state index is -0.253. The smallest absolute Gasteiger partial charge is 0.316 e. The molecule has 3 aromatic rings. The number of nitrogens with zero attached hydrogens (tertiary/aromatic N) is 5. The number of pyridine rings is 1. The molecule has 3 heterocycles. The Balaban J connectivity index is 1.29. The van der Waals surface area contributed by atoms with Gasteiger partial charge in [0.15, 0.2) is 5.82 Å². The number of carbonyl (C=O) groups excluding carboxylic acids is 1. The van der Waals surface area contributed by atoms with Gasteiger partial charge in [0.05, 0.1) is 5.41 Å². The number of benzene rings is 1. The molecule has 0 unspecified atom stereocenters. The third-order valence-electron chi connectivity index (χ3n) is 6.17. The Morgan fingerprint density at radius 2 is 1.69 bits per heavy atom. The highest BCUT2D eigenvalue weighted by Gasteiger charge is 2.45. The van der Waals surface area contributed by atoms with Crippen LogP contribution in [0.25, 0.3) is 0 Å². The van der Waals surface area contributed by atoms with Crippen molar-refractivity contribution in [2.75, 3.05) is 31.1 Å². The predicted octanol–water partition coefficient (Wildman–Crippen LogP) is 2.90. The van der Waals surface area contributed by atoms with Gasteiger partial charge in [0.2, 0.25) is 0 Å². The molecule has 0 spiro atoms. The van der Waals surface area contributed by atoms with Crippen molar-refractivity contribution in [2.24, 2.45) is 0 Å². The van der Waals surface area contributed by atoms with Crippen LogP contribution in [0, 0.1) is 0 Å². The fourth-order valence-corrected chi connectivity index (χ4v) is 4.29. The van der Waals surface area contributed by atoms with E-state index in [9.17, 15) is 4.79 Å². The van der Waals surface area contributed by atoms with Crippen LogP contribution >= 0.6 is 0 Å². The first-order valence-electron chi connectivity index (χ1n) is 10.1. The first-order valence-corrected chi connectivity index (χ1v) is 10.1. The highest BCUT2D eigenvalue weighted by molar-refractivity contribution is 5.89. The van der Waals surface area contributed by atoms with E-state index in [1.807, 2.05) is 30.3 Å². The first kappa shape index (κ1) is 17.8. The normalized spacial score (nSPS) is 18.3. The van der Waals surface area contributed by atoms with Gasteiger partial charge in [0.1, 0.15) is 0 Å². The van der Waals surface area contributed by atoms with Gasteiger partial charge in [0, 0.05) is 44.3 Å². The van der Waals surface area contributed by atoms with Crippen LogP contribution in [0.2, 0.25) is 0 Å². The summed E-state index contributed by atoms with van der Waals surface area (Å²) < 4.78 is 5.41. The molecule has 2 aliphatic rings. The van der Waals surface area contributed by atoms with E-state index < -0.39 is 0 Å². The molecule has 1 saturated carbocycles. The predicted molar refractivity (Wildman–Crippen MR) is 108 cm³/mol. The summed E-state index contributed by atoms with van der Waals surface area (Å²) in [4.78, 5) is 25.7. The largest absolute Gasteiger partial charge is 0.368 e. The summed E-state index contributed by atoms with van der Waals surface area (Å²) in [5.41, 5.74) is 2.07. The summed E-state index contributed by atoms with van der Waals surface area (Å²) in [6.07, 6.45) is 6.60. The standard InChI is InChI=1S/C22H23N5O2/c28-20(27-15-13-26(14-16-27)18-5-2-1-3-6-18)19-24-21(25-29-19)22(9-4-10-22)17-7-11-23-12-8-17/h1-3,5-8,11-12H,4,9-10,13-16H2. The van der Waals surface area contributed by atoms with Gasteiger partial charge in [-0.25, -0.2) is 0 Å². The molecule has 0 bridgehead atoms. The Labute approximate surface area is 169 Å². The van der Waals surface area contributed by atoms with Crippen molar-refractivity contribution in [3.8, 4) is 0 Å². The van der Waals surface area contributed by atoms with E-state index in [0.29, 0.717) is 18.9 Å². The highest BCUT2D eigenvalue weighted by Crippen LogP contribution is 2.47. The van der Waals surface area contributed by atoms with Gasteiger partial charge in [-0.05, 0) is 42.7 Å². The first-order chi connectivity index (χ1) is 14.3. The maximum atomic E-state index is 12.9. The zero-order valence-electron chi connectivity index (χ0n) is 16.2. The lowest BCUT2D eigenvalue weighted by atomic mass is 9.64. The Hall–Kier alpha value is -3.22. The van der Waals surface area contributed by atoms with E-state index >= 15 is 0 Å². The number of para-hydroxylation sites is 1. The van der Waals surface area contributed by atoms with E-state index in [-0.39, 0.29) is 17.2 Å². The fourth-order valence-electron chi connectivity index (χ4n) is 4.29. The number of anilines is 1. The van der Waals surface area contributed by atoms with Gasteiger partial charge >= 0.3 is 11.8 Å². The molecule has 1 aromatic carbocycles. The average molecular weight is 389 g/mol. The Morgan fingerprint density at radius 3 is 2.34 bits per heavy atom. The molecule has 0 radical (unpaired) electrons. The van der Waals surface area contributed by atoms with E-state index in [0.717, 1.165) is 37.9 Å². The van der Waals surface area contributed by atoms with E-state index in [4.69, 9.17) is 4.52 Å². The summed E-state index contributed by atoms with van der Waals surface area (Å²) in [6.45, 7) is 2.86. The zero-order valence-corrected chi connectivity index (χ0v) is 16.2. The molecule has 1 aliphatic heterocycles. The molecule has 1 saturated heterocycles. The summed E-state index contributed by atoms with van der Waals surface area (Å²) in [7, 11) is 0. The van der Waals surface area contributed by atoms with Crippen molar-refractivity contribution >= 4 is 11.6 Å². The topological polar surface area (TPSA) is 75.4 Å². The van der Waals surface area contributed by atoms with Crippen molar-refractivity contribution in [3.05, 3.63) is 72.1 Å². The van der Waals surface area contributed by atoms with Crippen LogP contribution in [0.3, 0.4) is 0 Å². The van der Waals surface area contributed by atoms with Crippen molar-refractivity contribution in [1.82, 2.24) is 20.0 Å². The summed E-state index contributed by atoms with van der Waals surface area (Å²) in [5, 5.41) is 4.20. The Bertz CT molecular complexity index is 977. The van der Waals surface area contributed by atoms with E-state index in [2.05, 4.69) is 32.2 Å². The number of carbonyl (C=O) groups is 1. The molecule has 2 aromatic heterocycles. The van der Waals surface area contributed by atoms with Gasteiger partial charge < -0.3 is 14.3 Å². The molecule has 1 amide bonds. The van der Waals surface area contributed by atoms with Gasteiger partial charge in [-0.2, -0.15) is 4.98 Å². The van der Waals surface area contributed by atoms with Crippen LogP contribution in [0.5, 0.6) is 0 Å². The number of piperazine rings is 1. The van der Waals surface area contributed by atoms with Crippen LogP contribution in [0.1, 0.15) is 41.3 Å². The molecule has 0 N–H and O–H groups in total. The third kappa shape index (κ3) is 3.16. The lowest BCUT2D eigenvalue weighted by Crippen LogP contribution is -2.49. The molecule has 29 heavy (non-hydrogen) atoms. The minimum absolute atomic E-state index is 0.0912. The maximum absolute atomic E-state index is 12.9. The molecule has 1 aliphatic carbocycles. The molecule has 7 heteroatoms. The van der Waals surface area contributed by atoms with Gasteiger partial charge in [-0.3, -0.25) is 9.78 Å². The summed E-state index contributed by atoms with van der Waals surface area (Å²) in [6, 6.07) is 14.3. The summed E-state index contributed by atoms with van der Waals surface area (Å²) >= 11 is 0. The number of aromatic nitrogens is 3. The quantitative estimate of drug-likeness (QED) is 0.683. The number of hydrogen-bond donors (Lipinski definition) is 0. The van der Waals surface area contributed by atoms with Gasteiger partial charge in [-0.15, -0.1) is 0 Å². The van der Waals surface area contributed by atoms with E-state index in [1.165, 1.54) is 5.69 Å². The second-order valence-electron chi connectivity index (χ2n) is 7.71. The number of hydrogen-bond acceptors (Lipinski definition) is 6. The monoisotopic (exact) mass is 389 g/mol.